The molecule has 1 aromatic rings. The second-order valence-corrected chi connectivity index (χ2v) is 4.77. The Morgan fingerprint density at radius 1 is 1.35 bits per heavy atom. The molecule has 0 aromatic heterocycles. The Labute approximate surface area is 105 Å². The van der Waals surface area contributed by atoms with Crippen molar-refractivity contribution in [2.24, 2.45) is 0 Å². The Bertz CT molecular complexity index is 489. The summed E-state index contributed by atoms with van der Waals surface area (Å²) in [5.74, 6) is -0.287. The van der Waals surface area contributed by atoms with Gasteiger partial charge in [-0.05, 0) is 18.6 Å². The molecule has 1 aromatic carbocycles. The van der Waals surface area contributed by atoms with E-state index in [1.54, 1.807) is 20.0 Å². The first-order chi connectivity index (χ1) is 7.95. The van der Waals surface area contributed by atoms with E-state index in [0.29, 0.717) is 11.4 Å². The minimum absolute atomic E-state index is 0.287. The van der Waals surface area contributed by atoms with Crippen molar-refractivity contribution in [2.75, 3.05) is 7.05 Å². The fraction of sp³-hybridized carbons (Fsp3) is 0.333. The molecule has 2 rings (SSSR count). The van der Waals surface area contributed by atoms with Crippen LogP contribution in [0, 0.1) is 0 Å². The molecule has 1 N–H and O–H groups in total. The number of nitrogens with one attached hydrogen (secondary N) is 1. The number of carbonyl (C=O) groups excluding carboxylic acids is 2. The van der Waals surface area contributed by atoms with Crippen LogP contribution in [-0.4, -0.2) is 29.4 Å². The summed E-state index contributed by atoms with van der Waals surface area (Å²) >= 11 is 6.06. The van der Waals surface area contributed by atoms with Crippen LogP contribution < -0.4 is 5.32 Å². The van der Waals surface area contributed by atoms with Gasteiger partial charge in [0, 0.05) is 18.5 Å². The van der Waals surface area contributed by atoms with Crippen LogP contribution in [0.2, 0.25) is 5.02 Å². The molecule has 0 saturated carbocycles. The van der Waals surface area contributed by atoms with Gasteiger partial charge in [0.2, 0.25) is 0 Å². The molecule has 17 heavy (non-hydrogen) atoms. The van der Waals surface area contributed by atoms with E-state index in [4.69, 9.17) is 11.6 Å². The van der Waals surface area contributed by atoms with Gasteiger partial charge in [-0.3, -0.25) is 10.1 Å². The van der Waals surface area contributed by atoms with E-state index in [0.717, 1.165) is 5.56 Å². The maximum atomic E-state index is 11.8. The Kier molecular flexibility index (Phi) is 2.83. The quantitative estimate of drug-likeness (QED) is 0.817. The summed E-state index contributed by atoms with van der Waals surface area (Å²) in [7, 11) is 1.61. The van der Waals surface area contributed by atoms with Crippen LogP contribution in [0.1, 0.15) is 12.5 Å². The highest BCUT2D eigenvalue weighted by Gasteiger charge is 2.47. The molecular weight excluding hydrogens is 240 g/mol. The van der Waals surface area contributed by atoms with Crippen LogP contribution in [0.5, 0.6) is 0 Å². The summed E-state index contributed by atoms with van der Waals surface area (Å²) in [4.78, 5) is 24.7. The normalized spacial score (nSPS) is 24.1. The molecule has 1 heterocycles. The maximum Gasteiger partial charge on any atom is 0.324 e. The zero-order valence-corrected chi connectivity index (χ0v) is 10.4. The number of imide groups is 1. The van der Waals surface area contributed by atoms with Crippen LogP contribution in [0.25, 0.3) is 0 Å². The summed E-state index contributed by atoms with van der Waals surface area (Å²) in [6.07, 6.45) is 0.404. The molecule has 0 spiro atoms. The number of nitrogens with zero attached hydrogens (tertiary/aromatic N) is 1. The van der Waals surface area contributed by atoms with E-state index in [9.17, 15) is 9.59 Å². The largest absolute Gasteiger partial charge is 0.324 e. The summed E-state index contributed by atoms with van der Waals surface area (Å²) in [5, 5.41) is 2.91. The third-order valence-electron chi connectivity index (χ3n) is 3.25. The Morgan fingerprint density at radius 2 is 2.00 bits per heavy atom. The van der Waals surface area contributed by atoms with Crippen LogP contribution in [-0.2, 0) is 11.2 Å². The second kappa shape index (κ2) is 4.04. The van der Waals surface area contributed by atoms with Gasteiger partial charge in [-0.25, -0.2) is 4.79 Å². The van der Waals surface area contributed by atoms with Crippen molar-refractivity contribution in [3.05, 3.63) is 34.9 Å². The third kappa shape index (κ3) is 1.89. The third-order valence-corrected chi connectivity index (χ3v) is 3.62. The number of amides is 3. The number of hydrogen-bond acceptors (Lipinski definition) is 2. The number of urea groups is 1. The van der Waals surface area contributed by atoms with Crippen LogP contribution in [0.4, 0.5) is 4.79 Å². The average Bonchev–Trinajstić information content (AvgIpc) is 2.47. The van der Waals surface area contributed by atoms with Gasteiger partial charge in [-0.1, -0.05) is 29.8 Å². The molecular formula is C12H13ClN2O2. The van der Waals surface area contributed by atoms with Gasteiger partial charge in [0.1, 0.15) is 5.54 Å². The van der Waals surface area contributed by atoms with Crippen LogP contribution in [0.3, 0.4) is 0 Å². The average molecular weight is 253 g/mol. The minimum Gasteiger partial charge on any atom is -0.313 e. The number of benzene rings is 1. The number of halogens is 1. The van der Waals surface area contributed by atoms with E-state index in [-0.39, 0.29) is 11.9 Å². The van der Waals surface area contributed by atoms with Gasteiger partial charge in [-0.2, -0.15) is 0 Å². The molecule has 1 atom stereocenters. The molecule has 1 unspecified atom stereocenters. The maximum absolute atomic E-state index is 11.8. The van der Waals surface area contributed by atoms with Crippen molar-refractivity contribution < 1.29 is 9.59 Å². The molecule has 5 heteroatoms. The number of carbonyl (C=O) groups is 2. The van der Waals surface area contributed by atoms with E-state index in [2.05, 4.69) is 5.32 Å². The second-order valence-electron chi connectivity index (χ2n) is 4.36. The Morgan fingerprint density at radius 3 is 2.53 bits per heavy atom. The molecule has 1 fully saturated rings. The van der Waals surface area contributed by atoms with Crippen LogP contribution in [0.15, 0.2) is 24.3 Å². The highest BCUT2D eigenvalue weighted by atomic mass is 35.5. The van der Waals surface area contributed by atoms with E-state index < -0.39 is 5.54 Å². The summed E-state index contributed by atoms with van der Waals surface area (Å²) < 4.78 is 0. The SMILES string of the molecule is CN1C(=O)NC(=O)C1(C)Cc1ccccc1Cl. The number of rotatable bonds is 2. The first kappa shape index (κ1) is 11.9. The van der Waals surface area contributed by atoms with Crippen molar-refractivity contribution in [2.45, 2.75) is 18.9 Å². The molecule has 1 aliphatic heterocycles. The standard InChI is InChI=1S/C12H13ClN2O2/c1-12(10(16)14-11(17)15(12)2)7-8-5-3-4-6-9(8)13/h3-6H,7H2,1-2H3,(H,14,16,17). The van der Waals surface area contributed by atoms with Gasteiger partial charge < -0.3 is 4.90 Å². The summed E-state index contributed by atoms with van der Waals surface area (Å²) in [6.45, 7) is 1.73. The van der Waals surface area contributed by atoms with Crippen LogP contribution >= 0.6 is 11.6 Å². The smallest absolute Gasteiger partial charge is 0.313 e. The molecule has 1 saturated heterocycles. The van der Waals surface area contributed by atoms with E-state index in [1.165, 1.54) is 4.90 Å². The van der Waals surface area contributed by atoms with Crippen molar-refractivity contribution in [1.29, 1.82) is 0 Å². The first-order valence-electron chi connectivity index (χ1n) is 5.28. The molecule has 4 nitrogen and oxygen atoms in total. The Hall–Kier alpha value is -1.55. The Balaban J connectivity index is 2.32. The van der Waals surface area contributed by atoms with Crippen molar-refractivity contribution in [1.82, 2.24) is 10.2 Å². The number of hydrogen-bond donors (Lipinski definition) is 1. The molecule has 0 aliphatic carbocycles. The predicted octanol–water partition coefficient (Wildman–Crippen LogP) is 1.82. The lowest BCUT2D eigenvalue weighted by Crippen LogP contribution is -2.46. The summed E-state index contributed by atoms with van der Waals surface area (Å²) in [6, 6.07) is 6.95. The molecule has 1 aliphatic rings. The van der Waals surface area contributed by atoms with Crippen molar-refractivity contribution in [3.8, 4) is 0 Å². The summed E-state index contributed by atoms with van der Waals surface area (Å²) in [5.41, 5.74) is -0.0180. The van der Waals surface area contributed by atoms with E-state index in [1.807, 2.05) is 18.2 Å². The fourth-order valence-corrected chi connectivity index (χ4v) is 2.11. The van der Waals surface area contributed by atoms with Gasteiger partial charge in [0.25, 0.3) is 5.91 Å². The van der Waals surface area contributed by atoms with Crippen molar-refractivity contribution in [3.63, 3.8) is 0 Å². The highest BCUT2D eigenvalue weighted by molar-refractivity contribution is 6.31. The van der Waals surface area contributed by atoms with Crippen molar-refractivity contribution >= 4 is 23.5 Å². The number of likely N-dealkylation sites (N-methyl/N-ethyl adjacent to an activating group) is 1. The molecule has 0 radical (unpaired) electrons. The zero-order valence-electron chi connectivity index (χ0n) is 9.66. The molecule has 3 amide bonds. The lowest BCUT2D eigenvalue weighted by atomic mass is 9.92. The molecule has 0 bridgehead atoms. The highest BCUT2D eigenvalue weighted by Crippen LogP contribution is 2.27. The predicted molar refractivity (Wildman–Crippen MR) is 64.9 cm³/mol. The fourth-order valence-electron chi connectivity index (χ4n) is 1.90. The lowest BCUT2D eigenvalue weighted by molar-refractivity contribution is -0.125. The van der Waals surface area contributed by atoms with Gasteiger partial charge in [-0.15, -0.1) is 0 Å². The monoisotopic (exact) mass is 252 g/mol. The minimum atomic E-state index is -0.873. The van der Waals surface area contributed by atoms with Gasteiger partial charge in [0.15, 0.2) is 0 Å². The first-order valence-corrected chi connectivity index (χ1v) is 5.65. The van der Waals surface area contributed by atoms with Gasteiger partial charge >= 0.3 is 6.03 Å². The molecule has 90 valence electrons. The lowest BCUT2D eigenvalue weighted by Gasteiger charge is -2.28. The topological polar surface area (TPSA) is 49.4 Å². The van der Waals surface area contributed by atoms with Gasteiger partial charge in [0.05, 0.1) is 0 Å². The van der Waals surface area contributed by atoms with E-state index >= 15 is 0 Å². The zero-order chi connectivity index (χ0) is 12.6.